The fourth-order valence-corrected chi connectivity index (χ4v) is 3.11. The van der Waals surface area contributed by atoms with Gasteiger partial charge in [-0.25, -0.2) is 0 Å². The lowest BCUT2D eigenvalue weighted by Crippen LogP contribution is -2.29. The van der Waals surface area contributed by atoms with Crippen LogP contribution in [0.15, 0.2) is 36.4 Å². The minimum absolute atomic E-state index is 0.150. The number of rotatable bonds is 6. The van der Waals surface area contributed by atoms with Crippen molar-refractivity contribution in [2.75, 3.05) is 12.0 Å². The Morgan fingerprint density at radius 2 is 1.90 bits per heavy atom. The maximum absolute atomic E-state index is 10.5. The molecule has 0 aromatic heterocycles. The minimum atomic E-state index is 0.150. The van der Waals surface area contributed by atoms with Crippen LogP contribution >= 0.6 is 11.8 Å². The number of fused-ring (bicyclic) bond motifs is 1. The van der Waals surface area contributed by atoms with Crippen LogP contribution in [-0.2, 0) is 0 Å². The molecule has 2 aromatic carbocycles. The van der Waals surface area contributed by atoms with Crippen LogP contribution in [-0.4, -0.2) is 23.2 Å². The number of nitrogens with one attached hydrogen (secondary N) is 1. The van der Waals surface area contributed by atoms with Crippen LogP contribution in [0.3, 0.4) is 0 Å². The highest BCUT2D eigenvalue weighted by atomic mass is 32.2. The van der Waals surface area contributed by atoms with E-state index in [2.05, 4.69) is 31.5 Å². The standard InChI is InChI=1S/C17H23NOS/c1-12(10-11-20-3)18-13(2)15-9-8-14-6-4-5-7-16(14)17(15)19/h4-9,12-13,18-19H,10-11H2,1-3H3. The van der Waals surface area contributed by atoms with E-state index in [0.717, 1.165) is 28.5 Å². The molecule has 2 unspecified atom stereocenters. The normalized spacial score (nSPS) is 14.3. The van der Waals surface area contributed by atoms with Gasteiger partial charge in [0.1, 0.15) is 5.75 Å². The number of phenols is 1. The molecule has 3 heteroatoms. The zero-order chi connectivity index (χ0) is 14.5. The van der Waals surface area contributed by atoms with Crippen LogP contribution in [0.1, 0.15) is 31.9 Å². The third-order valence-electron chi connectivity index (χ3n) is 3.69. The molecule has 0 heterocycles. The Kier molecular flexibility index (Phi) is 5.32. The molecule has 108 valence electrons. The van der Waals surface area contributed by atoms with Crippen LogP contribution in [0, 0.1) is 0 Å². The van der Waals surface area contributed by atoms with Crippen molar-refractivity contribution in [3.8, 4) is 5.75 Å². The molecule has 2 aromatic rings. The molecule has 2 N–H and O–H groups in total. The van der Waals surface area contributed by atoms with Crippen molar-refractivity contribution in [3.63, 3.8) is 0 Å². The Labute approximate surface area is 125 Å². The smallest absolute Gasteiger partial charge is 0.128 e. The van der Waals surface area contributed by atoms with Crippen molar-refractivity contribution < 1.29 is 5.11 Å². The molecule has 0 aliphatic heterocycles. The Morgan fingerprint density at radius 3 is 2.65 bits per heavy atom. The lowest BCUT2D eigenvalue weighted by molar-refractivity contribution is 0.435. The maximum atomic E-state index is 10.5. The van der Waals surface area contributed by atoms with Gasteiger partial charge in [0.15, 0.2) is 0 Å². The predicted octanol–water partition coefficient (Wildman–Crippen LogP) is 4.34. The first-order chi connectivity index (χ1) is 9.63. The van der Waals surface area contributed by atoms with Gasteiger partial charge < -0.3 is 10.4 Å². The lowest BCUT2D eigenvalue weighted by Gasteiger charge is -2.21. The Balaban J connectivity index is 2.17. The summed E-state index contributed by atoms with van der Waals surface area (Å²) in [6.07, 6.45) is 3.27. The van der Waals surface area contributed by atoms with Gasteiger partial charge in [0.2, 0.25) is 0 Å². The van der Waals surface area contributed by atoms with Gasteiger partial charge in [-0.3, -0.25) is 0 Å². The molecule has 0 fully saturated rings. The van der Waals surface area contributed by atoms with E-state index < -0.39 is 0 Å². The summed E-state index contributed by atoms with van der Waals surface area (Å²) in [6.45, 7) is 4.31. The van der Waals surface area contributed by atoms with Gasteiger partial charge in [0, 0.05) is 23.0 Å². The van der Waals surface area contributed by atoms with E-state index >= 15 is 0 Å². The Hall–Kier alpha value is -1.19. The van der Waals surface area contributed by atoms with Gasteiger partial charge in [-0.2, -0.15) is 11.8 Å². The second kappa shape index (κ2) is 7.00. The summed E-state index contributed by atoms with van der Waals surface area (Å²) in [5.41, 5.74) is 0.972. The van der Waals surface area contributed by atoms with Crippen LogP contribution < -0.4 is 5.32 Å². The molecule has 0 amide bonds. The Bertz CT molecular complexity index is 570. The third kappa shape index (κ3) is 3.47. The molecule has 0 saturated carbocycles. The summed E-state index contributed by atoms with van der Waals surface area (Å²) in [4.78, 5) is 0. The van der Waals surface area contributed by atoms with E-state index in [9.17, 15) is 5.11 Å². The maximum Gasteiger partial charge on any atom is 0.128 e. The number of phenolic OH excluding ortho intramolecular Hbond substituents is 1. The minimum Gasteiger partial charge on any atom is -0.507 e. The molecular weight excluding hydrogens is 266 g/mol. The number of hydrogen-bond acceptors (Lipinski definition) is 3. The molecule has 20 heavy (non-hydrogen) atoms. The van der Waals surface area contributed by atoms with Gasteiger partial charge >= 0.3 is 0 Å². The van der Waals surface area contributed by atoms with Crippen LogP contribution in [0.5, 0.6) is 5.75 Å². The second-order valence-electron chi connectivity index (χ2n) is 5.30. The summed E-state index contributed by atoms with van der Waals surface area (Å²) >= 11 is 1.87. The zero-order valence-electron chi connectivity index (χ0n) is 12.4. The van der Waals surface area contributed by atoms with Gasteiger partial charge in [0.05, 0.1) is 0 Å². The van der Waals surface area contributed by atoms with Gasteiger partial charge in [0.25, 0.3) is 0 Å². The van der Waals surface area contributed by atoms with E-state index in [4.69, 9.17) is 0 Å². The highest BCUT2D eigenvalue weighted by molar-refractivity contribution is 7.98. The Morgan fingerprint density at radius 1 is 1.15 bits per heavy atom. The summed E-state index contributed by atoms with van der Waals surface area (Å²) in [7, 11) is 0. The summed E-state index contributed by atoms with van der Waals surface area (Å²) in [6, 6.07) is 12.7. The van der Waals surface area contributed by atoms with Crippen LogP contribution in [0.25, 0.3) is 10.8 Å². The van der Waals surface area contributed by atoms with Crippen LogP contribution in [0.4, 0.5) is 0 Å². The van der Waals surface area contributed by atoms with E-state index in [0.29, 0.717) is 11.8 Å². The van der Waals surface area contributed by atoms with Crippen molar-refractivity contribution in [1.29, 1.82) is 0 Å². The monoisotopic (exact) mass is 289 g/mol. The molecule has 0 bridgehead atoms. The molecule has 0 radical (unpaired) electrons. The third-order valence-corrected chi connectivity index (χ3v) is 4.33. The van der Waals surface area contributed by atoms with E-state index in [1.54, 1.807) is 0 Å². The van der Waals surface area contributed by atoms with Crippen molar-refractivity contribution in [2.24, 2.45) is 0 Å². The fourth-order valence-electron chi connectivity index (χ4n) is 2.52. The van der Waals surface area contributed by atoms with Crippen LogP contribution in [0.2, 0.25) is 0 Å². The molecular formula is C17H23NOS. The first-order valence-corrected chi connectivity index (χ1v) is 8.48. The number of aromatic hydroxyl groups is 1. The lowest BCUT2D eigenvalue weighted by atomic mass is 10.0. The van der Waals surface area contributed by atoms with Gasteiger partial charge in [-0.05, 0) is 37.7 Å². The SMILES string of the molecule is CSCCC(C)NC(C)c1ccc2ccccc2c1O. The van der Waals surface area contributed by atoms with Crippen molar-refractivity contribution >= 4 is 22.5 Å². The molecule has 0 spiro atoms. The van der Waals surface area contributed by atoms with E-state index in [-0.39, 0.29) is 6.04 Å². The van der Waals surface area contributed by atoms with E-state index in [1.807, 2.05) is 42.1 Å². The van der Waals surface area contributed by atoms with Gasteiger partial charge in [-0.1, -0.05) is 36.4 Å². The molecule has 2 nitrogen and oxygen atoms in total. The van der Waals surface area contributed by atoms with E-state index in [1.165, 1.54) is 0 Å². The highest BCUT2D eigenvalue weighted by Gasteiger charge is 2.14. The quantitative estimate of drug-likeness (QED) is 0.830. The topological polar surface area (TPSA) is 32.3 Å². The largest absolute Gasteiger partial charge is 0.507 e. The first-order valence-electron chi connectivity index (χ1n) is 7.09. The highest BCUT2D eigenvalue weighted by Crippen LogP contribution is 2.32. The van der Waals surface area contributed by atoms with Crippen molar-refractivity contribution in [3.05, 3.63) is 42.0 Å². The average molecular weight is 289 g/mol. The molecule has 2 rings (SSSR count). The summed E-state index contributed by atoms with van der Waals surface area (Å²) in [5, 5.41) is 16.0. The van der Waals surface area contributed by atoms with Crippen molar-refractivity contribution in [1.82, 2.24) is 5.32 Å². The van der Waals surface area contributed by atoms with Gasteiger partial charge in [-0.15, -0.1) is 0 Å². The molecule has 0 aliphatic carbocycles. The average Bonchev–Trinajstić information content (AvgIpc) is 2.45. The zero-order valence-corrected chi connectivity index (χ0v) is 13.2. The molecule has 0 aliphatic rings. The number of hydrogen-bond donors (Lipinski definition) is 2. The predicted molar refractivity (Wildman–Crippen MR) is 89.6 cm³/mol. The fraction of sp³-hybridized carbons (Fsp3) is 0.412. The molecule has 0 saturated heterocycles. The number of thioether (sulfide) groups is 1. The molecule has 2 atom stereocenters. The van der Waals surface area contributed by atoms with Crippen molar-refractivity contribution in [2.45, 2.75) is 32.4 Å². The number of benzene rings is 2. The second-order valence-corrected chi connectivity index (χ2v) is 6.28. The summed E-state index contributed by atoms with van der Waals surface area (Å²) < 4.78 is 0. The first kappa shape index (κ1) is 15.2. The summed E-state index contributed by atoms with van der Waals surface area (Å²) in [5.74, 6) is 1.56.